The van der Waals surface area contributed by atoms with Gasteiger partial charge in [0.15, 0.2) is 0 Å². The van der Waals surface area contributed by atoms with Gasteiger partial charge in [-0.05, 0) is 27.7 Å². The van der Waals surface area contributed by atoms with Gasteiger partial charge in [-0.3, -0.25) is 0 Å². The van der Waals surface area contributed by atoms with E-state index in [0.717, 1.165) is 0 Å². The van der Waals surface area contributed by atoms with Gasteiger partial charge < -0.3 is 4.48 Å². The third-order valence-corrected chi connectivity index (χ3v) is 2.68. The maximum absolute atomic E-state index is 4.87. The average Bonchev–Trinajstić information content (AvgIpc) is 2.11. The van der Waals surface area contributed by atoms with Crippen LogP contribution in [0.1, 0.15) is 27.7 Å². The molecular formula is C8H20Cl2IN. The summed E-state index contributed by atoms with van der Waals surface area (Å²) in [5, 5.41) is 0. The van der Waals surface area contributed by atoms with E-state index >= 15 is 0 Å². The number of nitrogens with zero attached hydrogens (tertiary/aromatic N) is 1. The van der Waals surface area contributed by atoms with E-state index < -0.39 is 18.9 Å². The van der Waals surface area contributed by atoms with Crippen LogP contribution in [-0.4, -0.2) is 30.7 Å². The molecule has 0 atom stereocenters. The van der Waals surface area contributed by atoms with Crippen molar-refractivity contribution in [3.8, 4) is 0 Å². The summed E-state index contributed by atoms with van der Waals surface area (Å²) < 4.78 is 1.28. The fourth-order valence-corrected chi connectivity index (χ4v) is 1.34. The van der Waals surface area contributed by atoms with Crippen LogP contribution < -0.4 is 18.9 Å². The minimum atomic E-state index is -0.466. The van der Waals surface area contributed by atoms with Crippen LogP contribution in [0.5, 0.6) is 0 Å². The molecule has 0 aromatic rings. The molecule has 4 heteroatoms. The van der Waals surface area contributed by atoms with Crippen molar-refractivity contribution in [2.45, 2.75) is 27.7 Å². The maximum atomic E-state index is 4.87. The fourth-order valence-electron chi connectivity index (χ4n) is 1.34. The van der Waals surface area contributed by atoms with Gasteiger partial charge in [0, 0.05) is 0 Å². The van der Waals surface area contributed by atoms with E-state index in [1.54, 1.807) is 0 Å². The van der Waals surface area contributed by atoms with Crippen molar-refractivity contribution < 1.29 is 23.4 Å². The van der Waals surface area contributed by atoms with E-state index in [2.05, 4.69) is 27.7 Å². The Balaban J connectivity index is 0. The fraction of sp³-hybridized carbons (Fsp3) is 1.00. The van der Waals surface area contributed by atoms with Crippen LogP contribution in [0.15, 0.2) is 0 Å². The van der Waals surface area contributed by atoms with Crippen molar-refractivity contribution in [1.82, 2.24) is 0 Å². The molecule has 78 valence electrons. The SMILES string of the molecule is CC[N+](CC)(CC)CC.Cl[I-]Cl. The predicted molar refractivity (Wildman–Crippen MR) is 54.1 cm³/mol. The second kappa shape index (κ2) is 10.4. The van der Waals surface area contributed by atoms with Gasteiger partial charge >= 0.3 is 36.8 Å². The Morgan fingerprint density at radius 1 is 0.833 bits per heavy atom. The van der Waals surface area contributed by atoms with Crippen molar-refractivity contribution >= 4 is 17.8 Å². The van der Waals surface area contributed by atoms with Crippen LogP contribution in [0, 0.1) is 0 Å². The van der Waals surface area contributed by atoms with Crippen molar-refractivity contribution in [2.75, 3.05) is 26.2 Å². The molecule has 0 aromatic heterocycles. The molecular weight excluding hydrogens is 308 g/mol. The molecule has 0 saturated heterocycles. The second-order valence-corrected chi connectivity index (χ2v) is 5.87. The van der Waals surface area contributed by atoms with Crippen LogP contribution in [0.25, 0.3) is 0 Å². The molecule has 12 heavy (non-hydrogen) atoms. The molecule has 0 bridgehead atoms. The second-order valence-electron chi connectivity index (χ2n) is 2.66. The Morgan fingerprint density at radius 3 is 1.00 bits per heavy atom. The normalized spacial score (nSPS) is 10.8. The van der Waals surface area contributed by atoms with Gasteiger partial charge in [-0.25, -0.2) is 0 Å². The Hall–Kier alpha value is 1.27. The quantitative estimate of drug-likeness (QED) is 0.513. The Bertz CT molecular complexity index is 69.6. The summed E-state index contributed by atoms with van der Waals surface area (Å²) in [5.74, 6) is 0. The summed E-state index contributed by atoms with van der Waals surface area (Å²) in [6, 6.07) is 0. The van der Waals surface area contributed by atoms with E-state index in [4.69, 9.17) is 17.8 Å². The number of hydrogen-bond donors (Lipinski definition) is 0. The van der Waals surface area contributed by atoms with Gasteiger partial charge in [-0.2, -0.15) is 0 Å². The summed E-state index contributed by atoms with van der Waals surface area (Å²) in [6.45, 7) is 14.2. The van der Waals surface area contributed by atoms with E-state index in [0.29, 0.717) is 0 Å². The first kappa shape index (κ1) is 15.7. The van der Waals surface area contributed by atoms with Gasteiger partial charge in [-0.15, -0.1) is 0 Å². The van der Waals surface area contributed by atoms with Crippen LogP contribution in [-0.2, 0) is 0 Å². The van der Waals surface area contributed by atoms with Crippen molar-refractivity contribution in [1.29, 1.82) is 0 Å². The van der Waals surface area contributed by atoms with E-state index in [1.807, 2.05) is 0 Å². The summed E-state index contributed by atoms with van der Waals surface area (Å²) in [6.07, 6.45) is 0. The Kier molecular flexibility index (Phi) is 13.6. The van der Waals surface area contributed by atoms with E-state index in [1.165, 1.54) is 30.7 Å². The third-order valence-electron chi connectivity index (χ3n) is 2.68. The number of hydrogen-bond acceptors (Lipinski definition) is 0. The van der Waals surface area contributed by atoms with Crippen molar-refractivity contribution in [3.63, 3.8) is 0 Å². The molecule has 0 spiro atoms. The van der Waals surface area contributed by atoms with Crippen LogP contribution in [0.2, 0.25) is 0 Å². The average molecular weight is 328 g/mol. The summed E-state index contributed by atoms with van der Waals surface area (Å²) in [7, 11) is 9.75. The zero-order chi connectivity index (χ0) is 10.0. The van der Waals surface area contributed by atoms with Gasteiger partial charge in [0.1, 0.15) is 0 Å². The van der Waals surface area contributed by atoms with Crippen molar-refractivity contribution in [3.05, 3.63) is 0 Å². The molecule has 0 saturated carbocycles. The first-order valence-electron chi connectivity index (χ1n) is 4.38. The molecule has 0 aromatic carbocycles. The van der Waals surface area contributed by atoms with Crippen LogP contribution in [0.4, 0.5) is 0 Å². The minimum absolute atomic E-state index is 0.466. The van der Waals surface area contributed by atoms with Gasteiger partial charge in [0.25, 0.3) is 0 Å². The molecule has 0 aliphatic heterocycles. The third kappa shape index (κ3) is 6.75. The summed E-state index contributed by atoms with van der Waals surface area (Å²) in [5.41, 5.74) is 0. The summed E-state index contributed by atoms with van der Waals surface area (Å²) in [4.78, 5) is 0. The van der Waals surface area contributed by atoms with Gasteiger partial charge in [0.2, 0.25) is 0 Å². The van der Waals surface area contributed by atoms with Crippen LogP contribution in [0.3, 0.4) is 0 Å². The zero-order valence-corrected chi connectivity index (χ0v) is 12.1. The van der Waals surface area contributed by atoms with Gasteiger partial charge in [0.05, 0.1) is 26.2 Å². The molecule has 0 amide bonds. The molecule has 0 fully saturated rings. The molecule has 0 rings (SSSR count). The number of halogens is 3. The Morgan fingerprint density at radius 2 is 1.00 bits per heavy atom. The predicted octanol–water partition coefficient (Wildman–Crippen LogP) is 0.266. The van der Waals surface area contributed by atoms with Gasteiger partial charge in [-0.1, -0.05) is 0 Å². The molecule has 0 aliphatic rings. The van der Waals surface area contributed by atoms with Crippen LogP contribution >= 0.6 is 17.8 Å². The topological polar surface area (TPSA) is 0 Å². The monoisotopic (exact) mass is 327 g/mol. The summed E-state index contributed by atoms with van der Waals surface area (Å²) >= 11 is -0.466. The first-order valence-corrected chi connectivity index (χ1v) is 9.84. The molecule has 0 radical (unpaired) electrons. The van der Waals surface area contributed by atoms with E-state index in [-0.39, 0.29) is 0 Å². The van der Waals surface area contributed by atoms with Crippen molar-refractivity contribution in [2.24, 2.45) is 0 Å². The first-order chi connectivity index (χ1) is 5.66. The Labute approximate surface area is 94.7 Å². The number of quaternary nitrogens is 1. The van der Waals surface area contributed by atoms with E-state index in [9.17, 15) is 0 Å². The molecule has 1 nitrogen and oxygen atoms in total. The molecule has 0 aliphatic carbocycles. The zero-order valence-electron chi connectivity index (χ0n) is 8.41. The molecule has 0 unspecified atom stereocenters. The molecule has 0 N–H and O–H groups in total. The standard InChI is InChI=1S/C8H20N.Cl2I/c1-5-9(6-2,7-3)8-4;1-3-2/h5-8H2,1-4H3;/q+1;-1. The number of rotatable bonds is 4. The molecule has 0 heterocycles.